The Morgan fingerprint density at radius 3 is 2.88 bits per heavy atom. The molecule has 1 heterocycles. The van der Waals surface area contributed by atoms with Crippen molar-refractivity contribution in [3.8, 4) is 0 Å². The third kappa shape index (κ3) is 1.09. The van der Waals surface area contributed by atoms with Crippen molar-refractivity contribution in [2.24, 2.45) is 0 Å². The van der Waals surface area contributed by atoms with E-state index >= 15 is 0 Å². The maximum atomic E-state index is 10.1. The van der Waals surface area contributed by atoms with E-state index in [2.05, 4.69) is 10.2 Å². The predicted molar refractivity (Wildman–Crippen MR) is 28.9 cm³/mol. The van der Waals surface area contributed by atoms with E-state index in [-0.39, 0.29) is 4.34 Å². The lowest BCUT2D eigenvalue weighted by Crippen LogP contribution is -1.85. The Morgan fingerprint density at radius 1 is 1.88 bits per heavy atom. The lowest BCUT2D eigenvalue weighted by molar-refractivity contribution is 0.562. The Hall–Kier alpha value is -0.330. The van der Waals surface area contributed by atoms with Crippen molar-refractivity contribution in [2.75, 3.05) is 0 Å². The van der Waals surface area contributed by atoms with E-state index < -0.39 is 11.1 Å². The lowest BCUT2D eigenvalue weighted by Gasteiger charge is -1.76. The van der Waals surface area contributed by atoms with Gasteiger partial charge in [0.15, 0.2) is 0 Å². The molecule has 0 saturated heterocycles. The molecule has 1 aromatic heterocycles. The van der Waals surface area contributed by atoms with E-state index in [9.17, 15) is 4.21 Å². The van der Waals surface area contributed by atoms with E-state index in [0.717, 1.165) is 11.3 Å². The smallest absolute Gasteiger partial charge is 0.232 e. The van der Waals surface area contributed by atoms with Gasteiger partial charge >= 0.3 is 0 Å². The number of rotatable bonds is 1. The minimum Gasteiger partial charge on any atom is -0.300 e. The highest BCUT2D eigenvalue weighted by Gasteiger charge is 2.00. The van der Waals surface area contributed by atoms with Crippen molar-refractivity contribution in [3.05, 3.63) is 5.51 Å². The van der Waals surface area contributed by atoms with Gasteiger partial charge < -0.3 is 4.55 Å². The van der Waals surface area contributed by atoms with Crippen LogP contribution < -0.4 is 0 Å². The van der Waals surface area contributed by atoms with E-state index in [1.807, 2.05) is 0 Å². The largest absolute Gasteiger partial charge is 0.300 e. The molecule has 4 nitrogen and oxygen atoms in total. The highest BCUT2D eigenvalue weighted by molar-refractivity contribution is 7.81. The molecule has 0 aliphatic heterocycles. The van der Waals surface area contributed by atoms with E-state index in [4.69, 9.17) is 4.55 Å². The van der Waals surface area contributed by atoms with Crippen LogP contribution in [0, 0.1) is 0 Å². The zero-order valence-corrected chi connectivity index (χ0v) is 5.28. The summed E-state index contributed by atoms with van der Waals surface area (Å²) in [5.74, 6) is 0. The van der Waals surface area contributed by atoms with Gasteiger partial charge in [0.2, 0.25) is 15.4 Å². The van der Waals surface area contributed by atoms with E-state index in [1.54, 1.807) is 0 Å². The van der Waals surface area contributed by atoms with Crippen molar-refractivity contribution in [1.82, 2.24) is 10.2 Å². The number of nitrogens with zero attached hydrogens (tertiary/aromatic N) is 2. The first kappa shape index (κ1) is 5.80. The molecule has 0 amide bonds. The van der Waals surface area contributed by atoms with Crippen LogP contribution in [0.15, 0.2) is 9.85 Å². The third-order valence-corrected chi connectivity index (χ3v) is 2.07. The lowest BCUT2D eigenvalue weighted by atomic mass is 11.6. The molecule has 0 fully saturated rings. The standard InChI is InChI=1S/C2H2N2O2S2/c5-8(6)2-4-3-1-7-2/h1H,(H,5,6). The van der Waals surface area contributed by atoms with Gasteiger partial charge in [0.1, 0.15) is 5.51 Å². The van der Waals surface area contributed by atoms with E-state index in [0.29, 0.717) is 0 Å². The maximum absolute atomic E-state index is 10.1. The van der Waals surface area contributed by atoms with Crippen LogP contribution in [0.2, 0.25) is 0 Å². The zero-order valence-electron chi connectivity index (χ0n) is 3.64. The monoisotopic (exact) mass is 150 g/mol. The molecule has 0 aliphatic rings. The van der Waals surface area contributed by atoms with Gasteiger partial charge in [0, 0.05) is 0 Å². The summed E-state index contributed by atoms with van der Waals surface area (Å²) in [6.07, 6.45) is 0. The first-order valence-corrected chi connectivity index (χ1v) is 3.66. The van der Waals surface area contributed by atoms with Crippen molar-refractivity contribution in [1.29, 1.82) is 0 Å². The van der Waals surface area contributed by atoms with Crippen LogP contribution in [0.1, 0.15) is 0 Å². The Balaban J connectivity index is 2.93. The van der Waals surface area contributed by atoms with Crippen LogP contribution in [0.5, 0.6) is 0 Å². The summed E-state index contributed by atoms with van der Waals surface area (Å²) >= 11 is -0.894. The summed E-state index contributed by atoms with van der Waals surface area (Å²) in [7, 11) is 0. The van der Waals surface area contributed by atoms with Crippen LogP contribution in [-0.2, 0) is 11.1 Å². The van der Waals surface area contributed by atoms with Crippen LogP contribution in [0.3, 0.4) is 0 Å². The summed E-state index contributed by atoms with van der Waals surface area (Å²) in [5, 5.41) is 6.69. The summed E-state index contributed by atoms with van der Waals surface area (Å²) in [6, 6.07) is 0. The Morgan fingerprint density at radius 2 is 2.62 bits per heavy atom. The molecule has 1 atom stereocenters. The second kappa shape index (κ2) is 2.29. The van der Waals surface area contributed by atoms with Crippen LogP contribution in [0.4, 0.5) is 0 Å². The fourth-order valence-electron chi connectivity index (χ4n) is 0.239. The third-order valence-electron chi connectivity index (χ3n) is 0.489. The molecule has 0 aliphatic carbocycles. The fraction of sp³-hybridized carbons (Fsp3) is 0. The summed E-state index contributed by atoms with van der Waals surface area (Å²) in [5.41, 5.74) is 1.41. The molecule has 44 valence electrons. The maximum Gasteiger partial charge on any atom is 0.232 e. The van der Waals surface area contributed by atoms with Crippen molar-refractivity contribution in [3.63, 3.8) is 0 Å². The second-order valence-corrected chi connectivity index (χ2v) is 2.93. The van der Waals surface area contributed by atoms with Crippen LogP contribution in [-0.4, -0.2) is 19.0 Å². The fourth-order valence-corrected chi connectivity index (χ4v) is 1.09. The highest BCUT2D eigenvalue weighted by atomic mass is 32.2. The number of aromatic nitrogens is 2. The van der Waals surface area contributed by atoms with Gasteiger partial charge in [-0.3, -0.25) is 0 Å². The molecular formula is C2H2N2O2S2. The van der Waals surface area contributed by atoms with Crippen LogP contribution >= 0.6 is 11.3 Å². The molecule has 0 saturated carbocycles. The first-order valence-electron chi connectivity index (χ1n) is 1.67. The molecular weight excluding hydrogens is 148 g/mol. The van der Waals surface area contributed by atoms with Gasteiger partial charge in [-0.2, -0.15) is 0 Å². The van der Waals surface area contributed by atoms with E-state index in [1.165, 1.54) is 5.51 Å². The Bertz CT molecular complexity index is 184. The quantitative estimate of drug-likeness (QED) is 0.577. The van der Waals surface area contributed by atoms with Gasteiger partial charge in [0.05, 0.1) is 0 Å². The SMILES string of the molecule is O=S(O)c1nncs1. The minimum atomic E-state index is -1.95. The Labute approximate surface area is 51.9 Å². The highest BCUT2D eigenvalue weighted by Crippen LogP contribution is 2.03. The molecule has 1 rings (SSSR count). The van der Waals surface area contributed by atoms with Gasteiger partial charge in [-0.05, 0) is 0 Å². The van der Waals surface area contributed by atoms with Gasteiger partial charge in [-0.15, -0.1) is 10.2 Å². The molecule has 0 aromatic carbocycles. The van der Waals surface area contributed by atoms with Gasteiger partial charge in [-0.25, -0.2) is 4.21 Å². The Kier molecular flexibility index (Phi) is 1.66. The van der Waals surface area contributed by atoms with Crippen molar-refractivity contribution in [2.45, 2.75) is 4.34 Å². The normalized spacial score (nSPS) is 13.6. The molecule has 8 heavy (non-hydrogen) atoms. The predicted octanol–water partition coefficient (Wildman–Crippen LogP) is 0.119. The number of hydrogen-bond acceptors (Lipinski definition) is 4. The molecule has 6 heteroatoms. The molecule has 1 unspecified atom stereocenters. The summed E-state index contributed by atoms with van der Waals surface area (Å²) < 4.78 is 18.5. The van der Waals surface area contributed by atoms with Crippen LogP contribution in [0.25, 0.3) is 0 Å². The van der Waals surface area contributed by atoms with Gasteiger partial charge in [-0.1, -0.05) is 11.3 Å². The summed E-state index contributed by atoms with van der Waals surface area (Å²) in [6.45, 7) is 0. The van der Waals surface area contributed by atoms with Crippen molar-refractivity contribution < 1.29 is 8.76 Å². The average Bonchev–Trinajstić information content (AvgIpc) is 2.12. The zero-order chi connectivity index (χ0) is 5.98. The molecule has 0 bridgehead atoms. The molecule has 0 spiro atoms. The summed E-state index contributed by atoms with van der Waals surface area (Å²) in [4.78, 5) is 0. The minimum absolute atomic E-state index is 0.144. The first-order chi connectivity index (χ1) is 3.80. The topological polar surface area (TPSA) is 63.1 Å². The number of hydrogen-bond donors (Lipinski definition) is 1. The molecule has 1 N–H and O–H groups in total. The van der Waals surface area contributed by atoms with Gasteiger partial charge in [0.25, 0.3) is 0 Å². The molecule has 0 radical (unpaired) electrons. The second-order valence-electron chi connectivity index (χ2n) is 0.954. The molecule has 1 aromatic rings. The van der Waals surface area contributed by atoms with Crippen molar-refractivity contribution >= 4 is 22.4 Å². The average molecular weight is 150 g/mol.